The van der Waals surface area contributed by atoms with E-state index in [0.717, 1.165) is 12.8 Å². The number of amides is 2. The molecular weight excluding hydrogens is 371 g/mol. The second-order valence-corrected chi connectivity index (χ2v) is 8.09. The van der Waals surface area contributed by atoms with Gasteiger partial charge in [0, 0.05) is 31.7 Å². The van der Waals surface area contributed by atoms with E-state index in [1.54, 1.807) is 35.4 Å². The molecule has 1 saturated heterocycles. The van der Waals surface area contributed by atoms with Crippen LogP contribution in [0.15, 0.2) is 36.5 Å². The molecular formula is C22H27FN4O2. The quantitative estimate of drug-likeness (QED) is 0.840. The van der Waals surface area contributed by atoms with Crippen LogP contribution in [0.25, 0.3) is 5.69 Å². The summed E-state index contributed by atoms with van der Waals surface area (Å²) in [6.45, 7) is 1.17. The van der Waals surface area contributed by atoms with Crippen molar-refractivity contribution in [2.75, 3.05) is 13.1 Å². The molecule has 0 unspecified atom stereocenters. The van der Waals surface area contributed by atoms with Crippen LogP contribution in [0.2, 0.25) is 0 Å². The minimum Gasteiger partial charge on any atom is -0.353 e. The number of nitrogens with zero attached hydrogens (tertiary/aromatic N) is 3. The normalized spacial score (nSPS) is 18.2. The van der Waals surface area contributed by atoms with Crippen LogP contribution in [-0.2, 0) is 4.79 Å². The second-order valence-electron chi connectivity index (χ2n) is 8.09. The van der Waals surface area contributed by atoms with Crippen LogP contribution in [0.1, 0.15) is 55.4 Å². The molecule has 4 rings (SSSR count). The number of hydrogen-bond donors (Lipinski definition) is 1. The molecule has 1 aromatic carbocycles. The lowest BCUT2D eigenvalue weighted by Gasteiger charge is -2.32. The molecule has 7 heteroatoms. The largest absolute Gasteiger partial charge is 0.353 e. The highest BCUT2D eigenvalue weighted by Crippen LogP contribution is 2.27. The molecule has 154 valence electrons. The van der Waals surface area contributed by atoms with Gasteiger partial charge in [0.15, 0.2) is 5.69 Å². The number of aromatic nitrogens is 2. The van der Waals surface area contributed by atoms with E-state index in [0.29, 0.717) is 36.8 Å². The van der Waals surface area contributed by atoms with E-state index >= 15 is 0 Å². The van der Waals surface area contributed by atoms with Gasteiger partial charge in [0.25, 0.3) is 5.91 Å². The minimum absolute atomic E-state index is 0.129. The summed E-state index contributed by atoms with van der Waals surface area (Å²) in [7, 11) is 0. The van der Waals surface area contributed by atoms with Crippen molar-refractivity contribution < 1.29 is 14.0 Å². The average molecular weight is 398 g/mol. The number of rotatable bonds is 5. The number of para-hydroxylation sites is 1. The van der Waals surface area contributed by atoms with Crippen LogP contribution in [0.3, 0.4) is 0 Å². The standard InChI is InChI=1S/C22H27FN4O2/c23-18-7-3-4-8-20(18)27-14-11-19(25-27)22(29)26-12-9-17(10-13-26)24-21(28)15-16-5-1-2-6-16/h3-4,7-8,11,14,16-17H,1-2,5-6,9-10,12-13,15H2,(H,24,28). The first kappa shape index (κ1) is 19.6. The molecule has 1 aliphatic heterocycles. The van der Waals surface area contributed by atoms with E-state index in [-0.39, 0.29) is 23.7 Å². The molecule has 0 radical (unpaired) electrons. The highest BCUT2D eigenvalue weighted by atomic mass is 19.1. The Balaban J connectivity index is 1.29. The summed E-state index contributed by atoms with van der Waals surface area (Å²) in [5.74, 6) is 0.145. The first-order valence-corrected chi connectivity index (χ1v) is 10.5. The lowest BCUT2D eigenvalue weighted by atomic mass is 10.0. The molecule has 29 heavy (non-hydrogen) atoms. The number of likely N-dealkylation sites (tertiary alicyclic amines) is 1. The van der Waals surface area contributed by atoms with Gasteiger partial charge in [-0.15, -0.1) is 0 Å². The second kappa shape index (κ2) is 8.76. The van der Waals surface area contributed by atoms with Gasteiger partial charge in [-0.2, -0.15) is 5.10 Å². The van der Waals surface area contributed by atoms with E-state index in [2.05, 4.69) is 10.4 Å². The van der Waals surface area contributed by atoms with Crippen LogP contribution in [0.4, 0.5) is 4.39 Å². The molecule has 0 spiro atoms. The highest BCUT2D eigenvalue weighted by Gasteiger charge is 2.27. The van der Waals surface area contributed by atoms with E-state index in [9.17, 15) is 14.0 Å². The third-order valence-corrected chi connectivity index (χ3v) is 6.00. The molecule has 2 heterocycles. The van der Waals surface area contributed by atoms with Crippen molar-refractivity contribution in [2.24, 2.45) is 5.92 Å². The summed E-state index contributed by atoms with van der Waals surface area (Å²) in [5.41, 5.74) is 0.618. The first-order valence-electron chi connectivity index (χ1n) is 10.5. The van der Waals surface area contributed by atoms with E-state index in [4.69, 9.17) is 0 Å². The molecule has 2 aliphatic rings. The number of halogens is 1. The summed E-state index contributed by atoms with van der Waals surface area (Å²) in [6, 6.07) is 8.08. The van der Waals surface area contributed by atoms with Crippen LogP contribution in [0, 0.1) is 11.7 Å². The van der Waals surface area contributed by atoms with Gasteiger partial charge in [-0.1, -0.05) is 25.0 Å². The Morgan fingerprint density at radius 2 is 1.79 bits per heavy atom. The van der Waals surface area contributed by atoms with Gasteiger partial charge >= 0.3 is 0 Å². The average Bonchev–Trinajstić information content (AvgIpc) is 3.40. The Morgan fingerprint density at radius 1 is 1.07 bits per heavy atom. The predicted octanol–water partition coefficient (Wildman–Crippen LogP) is 3.31. The molecule has 2 fully saturated rings. The van der Waals surface area contributed by atoms with Crippen molar-refractivity contribution in [3.8, 4) is 5.69 Å². The van der Waals surface area contributed by atoms with Gasteiger partial charge in [0.1, 0.15) is 11.5 Å². The molecule has 1 saturated carbocycles. The van der Waals surface area contributed by atoms with Gasteiger partial charge in [-0.3, -0.25) is 9.59 Å². The molecule has 1 aromatic heterocycles. The van der Waals surface area contributed by atoms with E-state index in [1.165, 1.54) is 36.4 Å². The zero-order chi connectivity index (χ0) is 20.2. The molecule has 2 amide bonds. The summed E-state index contributed by atoms with van der Waals surface area (Å²) in [5, 5.41) is 7.40. The number of hydrogen-bond acceptors (Lipinski definition) is 3. The maximum Gasteiger partial charge on any atom is 0.274 e. The zero-order valence-corrected chi connectivity index (χ0v) is 16.5. The highest BCUT2D eigenvalue weighted by molar-refractivity contribution is 5.92. The van der Waals surface area contributed by atoms with Gasteiger partial charge in [-0.25, -0.2) is 9.07 Å². The predicted molar refractivity (Wildman–Crippen MR) is 107 cm³/mol. The fraction of sp³-hybridized carbons (Fsp3) is 0.500. The molecule has 1 N–H and O–H groups in total. The van der Waals surface area contributed by atoms with Gasteiger partial charge in [-0.05, 0) is 49.8 Å². The van der Waals surface area contributed by atoms with Crippen molar-refractivity contribution in [1.29, 1.82) is 0 Å². The van der Waals surface area contributed by atoms with Crippen molar-refractivity contribution >= 4 is 11.8 Å². The Morgan fingerprint density at radius 3 is 2.52 bits per heavy atom. The Hall–Kier alpha value is -2.70. The van der Waals surface area contributed by atoms with Gasteiger partial charge in [0.05, 0.1) is 0 Å². The van der Waals surface area contributed by atoms with Crippen molar-refractivity contribution in [3.63, 3.8) is 0 Å². The smallest absolute Gasteiger partial charge is 0.274 e. The summed E-state index contributed by atoms with van der Waals surface area (Å²) in [4.78, 5) is 26.7. The van der Waals surface area contributed by atoms with Gasteiger partial charge in [0.2, 0.25) is 5.91 Å². The first-order chi connectivity index (χ1) is 14.1. The number of nitrogens with one attached hydrogen (secondary N) is 1. The van der Waals surface area contributed by atoms with Crippen LogP contribution < -0.4 is 5.32 Å². The van der Waals surface area contributed by atoms with E-state index < -0.39 is 0 Å². The molecule has 6 nitrogen and oxygen atoms in total. The van der Waals surface area contributed by atoms with Gasteiger partial charge < -0.3 is 10.2 Å². The monoisotopic (exact) mass is 398 g/mol. The maximum atomic E-state index is 13.9. The fourth-order valence-electron chi connectivity index (χ4n) is 4.36. The molecule has 1 aliphatic carbocycles. The Kier molecular flexibility index (Phi) is 5.92. The van der Waals surface area contributed by atoms with Crippen LogP contribution >= 0.6 is 0 Å². The zero-order valence-electron chi connectivity index (χ0n) is 16.5. The summed E-state index contributed by atoms with van der Waals surface area (Å²) in [6.07, 6.45) is 8.54. The lowest BCUT2D eigenvalue weighted by Crippen LogP contribution is -2.46. The number of carbonyl (C=O) groups excluding carboxylic acids is 2. The topological polar surface area (TPSA) is 67.2 Å². The minimum atomic E-state index is -0.385. The SMILES string of the molecule is O=C(CC1CCCC1)NC1CCN(C(=O)c2ccn(-c3ccccc3F)n2)CC1. The van der Waals surface area contributed by atoms with E-state index in [1.807, 2.05) is 0 Å². The van der Waals surface area contributed by atoms with Crippen molar-refractivity contribution in [2.45, 2.75) is 51.0 Å². The molecule has 2 aromatic rings. The van der Waals surface area contributed by atoms with Crippen LogP contribution in [-0.4, -0.2) is 45.6 Å². The Labute approximate surface area is 170 Å². The van der Waals surface area contributed by atoms with Crippen molar-refractivity contribution in [3.05, 3.63) is 48.0 Å². The summed E-state index contributed by atoms with van der Waals surface area (Å²) >= 11 is 0. The number of piperidine rings is 1. The number of benzene rings is 1. The third kappa shape index (κ3) is 4.66. The number of carbonyl (C=O) groups is 2. The maximum absolute atomic E-state index is 13.9. The molecule has 0 bridgehead atoms. The fourth-order valence-corrected chi connectivity index (χ4v) is 4.36. The molecule has 0 atom stereocenters. The lowest BCUT2D eigenvalue weighted by molar-refractivity contribution is -0.122. The third-order valence-electron chi connectivity index (χ3n) is 6.00. The summed E-state index contributed by atoms with van der Waals surface area (Å²) < 4.78 is 15.3. The van der Waals surface area contributed by atoms with Crippen LogP contribution in [0.5, 0.6) is 0 Å². The Bertz CT molecular complexity index is 867. The van der Waals surface area contributed by atoms with Crippen molar-refractivity contribution in [1.82, 2.24) is 20.0 Å².